The number of hydrogen-bond donors (Lipinski definition) is 0. The lowest BCUT2D eigenvalue weighted by Gasteiger charge is -2.17. The number of ether oxygens (including phenoxy) is 1. The van der Waals surface area contributed by atoms with Gasteiger partial charge in [-0.1, -0.05) is 16.8 Å². The molecule has 2 aromatic rings. The molecule has 21 heavy (non-hydrogen) atoms. The Bertz CT molecular complexity index is 742. The summed E-state index contributed by atoms with van der Waals surface area (Å²) in [4.78, 5) is 0.0141. The van der Waals surface area contributed by atoms with E-state index in [0.717, 1.165) is 0 Å². The second kappa shape index (κ2) is 6.05. The molecule has 0 fully saturated rings. The van der Waals surface area contributed by atoms with Crippen molar-refractivity contribution >= 4 is 21.6 Å². The quantitative estimate of drug-likeness (QED) is 0.842. The summed E-state index contributed by atoms with van der Waals surface area (Å²) >= 11 is 5.88. The van der Waals surface area contributed by atoms with Crippen LogP contribution in [-0.2, 0) is 16.6 Å². The van der Waals surface area contributed by atoms with E-state index in [0.29, 0.717) is 16.5 Å². The minimum absolute atomic E-state index is 0.0141. The van der Waals surface area contributed by atoms with Crippen LogP contribution in [0.25, 0.3) is 0 Å². The fourth-order valence-electron chi connectivity index (χ4n) is 1.83. The van der Waals surface area contributed by atoms with Crippen LogP contribution < -0.4 is 4.74 Å². The summed E-state index contributed by atoms with van der Waals surface area (Å²) in [5.41, 5.74) is 0.527. The largest absolute Gasteiger partial charge is 0.495 e. The maximum Gasteiger partial charge on any atom is 0.246 e. The van der Waals surface area contributed by atoms with Gasteiger partial charge in [0, 0.05) is 18.1 Å². The first-order chi connectivity index (χ1) is 9.84. The maximum absolute atomic E-state index is 12.6. The highest BCUT2D eigenvalue weighted by Crippen LogP contribution is 2.29. The van der Waals surface area contributed by atoms with Crippen molar-refractivity contribution in [3.63, 3.8) is 0 Å². The Morgan fingerprint density at radius 2 is 2.10 bits per heavy atom. The van der Waals surface area contributed by atoms with E-state index in [1.807, 2.05) is 0 Å². The molecular formula is C13H15ClN2O4S. The zero-order valence-corrected chi connectivity index (χ0v) is 13.4. The third-order valence-corrected chi connectivity index (χ3v) is 4.94. The third kappa shape index (κ3) is 3.37. The van der Waals surface area contributed by atoms with Crippen molar-refractivity contribution < 1.29 is 17.7 Å². The molecule has 0 N–H and O–H groups in total. The van der Waals surface area contributed by atoms with Crippen LogP contribution in [0.15, 0.2) is 33.7 Å². The first-order valence-corrected chi connectivity index (χ1v) is 7.88. The summed E-state index contributed by atoms with van der Waals surface area (Å²) in [6.45, 7) is 1.83. The Balaban J connectivity index is 2.35. The molecule has 0 radical (unpaired) electrons. The van der Waals surface area contributed by atoms with Crippen LogP contribution in [0.2, 0.25) is 5.02 Å². The van der Waals surface area contributed by atoms with Gasteiger partial charge in [-0.15, -0.1) is 0 Å². The number of nitrogens with zero attached hydrogens (tertiary/aromatic N) is 2. The topological polar surface area (TPSA) is 72.6 Å². The Morgan fingerprint density at radius 1 is 1.38 bits per heavy atom. The molecule has 0 bridgehead atoms. The lowest BCUT2D eigenvalue weighted by Crippen LogP contribution is -2.27. The van der Waals surface area contributed by atoms with E-state index < -0.39 is 10.0 Å². The van der Waals surface area contributed by atoms with Crippen molar-refractivity contribution in [1.82, 2.24) is 9.46 Å². The van der Waals surface area contributed by atoms with Crippen molar-refractivity contribution in [1.29, 1.82) is 0 Å². The van der Waals surface area contributed by atoms with Crippen LogP contribution in [0.3, 0.4) is 0 Å². The zero-order chi connectivity index (χ0) is 15.6. The normalized spacial score (nSPS) is 11.9. The number of sulfonamides is 1. The molecule has 1 aromatic heterocycles. The summed E-state index contributed by atoms with van der Waals surface area (Å²) in [5, 5.41) is 4.10. The Morgan fingerprint density at radius 3 is 2.67 bits per heavy atom. The number of rotatable bonds is 5. The predicted octanol–water partition coefficient (Wildman–Crippen LogP) is 2.47. The van der Waals surface area contributed by atoms with Gasteiger partial charge < -0.3 is 9.26 Å². The molecule has 0 aliphatic rings. The van der Waals surface area contributed by atoms with Crippen molar-refractivity contribution in [2.24, 2.45) is 0 Å². The molecule has 0 saturated heterocycles. The number of methoxy groups -OCH3 is 1. The standard InChI is InChI=1S/C13H15ClN2O4S/c1-9-6-11(15-20-9)8-16(2)21(17,18)13-7-10(14)4-5-12(13)19-3/h4-7H,8H2,1-3H3. The monoisotopic (exact) mass is 330 g/mol. The van der Waals surface area contributed by atoms with Crippen molar-refractivity contribution in [2.75, 3.05) is 14.2 Å². The highest BCUT2D eigenvalue weighted by Gasteiger charge is 2.26. The molecule has 0 unspecified atom stereocenters. The van der Waals surface area contributed by atoms with E-state index in [4.69, 9.17) is 20.9 Å². The van der Waals surface area contributed by atoms with Crippen molar-refractivity contribution in [2.45, 2.75) is 18.4 Å². The summed E-state index contributed by atoms with van der Waals surface area (Å²) in [6, 6.07) is 6.13. The molecule has 0 aliphatic heterocycles. The Hall–Kier alpha value is -1.57. The Kier molecular flexibility index (Phi) is 4.55. The smallest absolute Gasteiger partial charge is 0.246 e. The van der Waals surface area contributed by atoms with E-state index in [1.54, 1.807) is 19.1 Å². The average Bonchev–Trinajstić information content (AvgIpc) is 2.84. The highest BCUT2D eigenvalue weighted by atomic mass is 35.5. The number of halogens is 1. The predicted molar refractivity (Wildman–Crippen MR) is 77.9 cm³/mol. The van der Waals surface area contributed by atoms with Crippen LogP contribution >= 0.6 is 11.6 Å². The van der Waals surface area contributed by atoms with E-state index in [1.165, 1.54) is 30.6 Å². The molecule has 6 nitrogen and oxygen atoms in total. The molecule has 8 heteroatoms. The number of aromatic nitrogens is 1. The van der Waals surface area contributed by atoms with Gasteiger partial charge >= 0.3 is 0 Å². The fraction of sp³-hybridized carbons (Fsp3) is 0.308. The second-order valence-corrected chi connectivity index (χ2v) is 6.93. The van der Waals surface area contributed by atoms with Crippen molar-refractivity contribution in [3.05, 3.63) is 40.7 Å². The summed E-state index contributed by atoms with van der Waals surface area (Å²) < 4.78 is 36.4. The van der Waals surface area contributed by atoms with Crippen molar-refractivity contribution in [3.8, 4) is 5.75 Å². The number of hydrogen-bond acceptors (Lipinski definition) is 5. The molecule has 1 aromatic carbocycles. The van der Waals surface area contributed by atoms with Gasteiger partial charge in [0.15, 0.2) is 0 Å². The maximum atomic E-state index is 12.6. The molecule has 0 aliphatic carbocycles. The molecule has 0 amide bonds. The summed E-state index contributed by atoms with van der Waals surface area (Å²) in [7, 11) is -0.887. The summed E-state index contributed by atoms with van der Waals surface area (Å²) in [6.07, 6.45) is 0. The first-order valence-electron chi connectivity index (χ1n) is 6.06. The fourth-order valence-corrected chi connectivity index (χ4v) is 3.38. The molecule has 1 heterocycles. The van der Waals surface area contributed by atoms with E-state index in [9.17, 15) is 8.42 Å². The average molecular weight is 331 g/mol. The minimum Gasteiger partial charge on any atom is -0.495 e. The zero-order valence-electron chi connectivity index (χ0n) is 11.8. The second-order valence-electron chi connectivity index (χ2n) is 4.49. The third-order valence-electron chi connectivity index (χ3n) is 2.88. The van der Waals surface area contributed by atoms with Gasteiger partial charge in [-0.05, 0) is 25.1 Å². The molecule has 0 saturated carbocycles. The van der Waals surface area contributed by atoms with Crippen LogP contribution in [0.1, 0.15) is 11.5 Å². The molecule has 2 rings (SSSR count). The van der Waals surface area contributed by atoms with Gasteiger partial charge in [0.1, 0.15) is 16.4 Å². The lowest BCUT2D eigenvalue weighted by atomic mass is 10.3. The van der Waals surface area contributed by atoms with Gasteiger partial charge in [0.25, 0.3) is 0 Å². The summed E-state index contributed by atoms with van der Waals surface area (Å²) in [5.74, 6) is 0.860. The number of aryl methyl sites for hydroxylation is 1. The van der Waals surface area contributed by atoms with Gasteiger partial charge in [-0.25, -0.2) is 8.42 Å². The minimum atomic E-state index is -3.75. The SMILES string of the molecule is COc1ccc(Cl)cc1S(=O)(=O)N(C)Cc1cc(C)on1. The van der Waals surface area contributed by atoms with E-state index in [2.05, 4.69) is 5.16 Å². The van der Waals surface area contributed by atoms with E-state index in [-0.39, 0.29) is 17.2 Å². The highest BCUT2D eigenvalue weighted by molar-refractivity contribution is 7.89. The molecular weight excluding hydrogens is 316 g/mol. The first kappa shape index (κ1) is 15.8. The molecule has 0 spiro atoms. The van der Waals surface area contributed by atoms with Gasteiger partial charge in [-0.2, -0.15) is 4.31 Å². The van der Waals surface area contributed by atoms with Gasteiger partial charge in [0.05, 0.1) is 19.3 Å². The van der Waals surface area contributed by atoms with E-state index >= 15 is 0 Å². The molecule has 0 atom stereocenters. The molecule has 114 valence electrons. The lowest BCUT2D eigenvalue weighted by molar-refractivity contribution is 0.376. The Labute approximate surface area is 128 Å². The van der Waals surface area contributed by atoms with Gasteiger partial charge in [0.2, 0.25) is 10.0 Å². The number of benzene rings is 1. The van der Waals surface area contributed by atoms with Crippen LogP contribution in [0.4, 0.5) is 0 Å². The van der Waals surface area contributed by atoms with Crippen LogP contribution in [0.5, 0.6) is 5.75 Å². The van der Waals surface area contributed by atoms with Crippen LogP contribution in [-0.4, -0.2) is 32.0 Å². The van der Waals surface area contributed by atoms with Crippen LogP contribution in [0, 0.1) is 6.92 Å². The van der Waals surface area contributed by atoms with Gasteiger partial charge in [-0.3, -0.25) is 0 Å².